The highest BCUT2D eigenvalue weighted by Crippen LogP contribution is 2.35. The number of hydrogen-bond acceptors (Lipinski definition) is 10. The van der Waals surface area contributed by atoms with Crippen LogP contribution in [0.5, 0.6) is 6.01 Å². The maximum Gasteiger partial charge on any atom is 0.451 e. The van der Waals surface area contributed by atoms with E-state index in [1.807, 2.05) is 11.0 Å². The predicted octanol–water partition coefficient (Wildman–Crippen LogP) is 3.06. The van der Waals surface area contributed by atoms with E-state index in [9.17, 15) is 22.8 Å². The summed E-state index contributed by atoms with van der Waals surface area (Å²) in [6.45, 7) is 5.83. The number of halogens is 3. The lowest BCUT2D eigenvalue weighted by molar-refractivity contribution is -0.147. The largest absolute Gasteiger partial charge is 0.464 e. The van der Waals surface area contributed by atoms with Crippen LogP contribution in [-0.4, -0.2) is 74.4 Å². The number of nitrogens with zero attached hydrogens (tertiary/aromatic N) is 7. The Balaban J connectivity index is 1.54. The Kier molecular flexibility index (Phi) is 8.33. The first-order chi connectivity index (χ1) is 18.1. The maximum absolute atomic E-state index is 13.3. The summed E-state index contributed by atoms with van der Waals surface area (Å²) in [5.74, 6) is -0.885. The summed E-state index contributed by atoms with van der Waals surface area (Å²) in [6, 6.07) is 2.11. The molecule has 1 aliphatic heterocycles. The van der Waals surface area contributed by atoms with Gasteiger partial charge in [0.2, 0.25) is 11.7 Å². The molecule has 0 aliphatic carbocycles. The number of anilines is 1. The molecule has 0 spiro atoms. The standard InChI is InChI=1S/C23H28F3N7O4S/c1-4-5-16-12-17-19(32-6-7-33-18(13-32)29-30-21(33)23(24,25)26)27-22(28-20(17)38-16)37-11-9-31(14(2)34)8-10-36-15(3)35/h12H,4-11,13H2,1-3H3. The van der Waals surface area contributed by atoms with Crippen LogP contribution in [0.3, 0.4) is 0 Å². The van der Waals surface area contributed by atoms with Crippen LogP contribution in [0.25, 0.3) is 10.2 Å². The smallest absolute Gasteiger partial charge is 0.451 e. The number of amides is 1. The highest BCUT2D eigenvalue weighted by atomic mass is 32.1. The molecule has 11 nitrogen and oxygen atoms in total. The normalized spacial score (nSPS) is 13.5. The minimum absolute atomic E-state index is 0.0563. The van der Waals surface area contributed by atoms with Gasteiger partial charge in [0, 0.05) is 31.8 Å². The number of aryl methyl sites for hydroxylation is 1. The van der Waals surface area contributed by atoms with Crippen LogP contribution < -0.4 is 9.64 Å². The van der Waals surface area contributed by atoms with Crippen molar-refractivity contribution in [3.63, 3.8) is 0 Å². The molecule has 3 aromatic rings. The van der Waals surface area contributed by atoms with Crippen molar-refractivity contribution in [2.75, 3.05) is 37.7 Å². The first kappa shape index (κ1) is 27.5. The molecular formula is C23H28F3N7O4S. The molecule has 0 bridgehead atoms. The second-order valence-corrected chi connectivity index (χ2v) is 9.83. The average molecular weight is 556 g/mol. The number of carbonyl (C=O) groups is 2. The lowest BCUT2D eigenvalue weighted by Gasteiger charge is -2.29. The lowest BCUT2D eigenvalue weighted by Crippen LogP contribution is -2.36. The minimum atomic E-state index is -4.58. The first-order valence-electron chi connectivity index (χ1n) is 12.1. The molecule has 38 heavy (non-hydrogen) atoms. The van der Waals surface area contributed by atoms with Gasteiger partial charge in [0.05, 0.1) is 25.0 Å². The van der Waals surface area contributed by atoms with Crippen molar-refractivity contribution < 1.29 is 32.2 Å². The van der Waals surface area contributed by atoms with E-state index in [2.05, 4.69) is 27.1 Å². The third kappa shape index (κ3) is 6.31. The molecule has 0 saturated heterocycles. The van der Waals surface area contributed by atoms with Crippen molar-refractivity contribution in [2.24, 2.45) is 0 Å². The van der Waals surface area contributed by atoms with E-state index in [0.29, 0.717) is 10.6 Å². The van der Waals surface area contributed by atoms with Gasteiger partial charge in [-0.2, -0.15) is 23.1 Å². The number of esters is 1. The van der Waals surface area contributed by atoms with E-state index in [4.69, 9.17) is 9.47 Å². The SMILES string of the molecule is CCCc1cc2c(N3CCn4c(nnc4C(F)(F)F)C3)nc(OCCN(CCOC(C)=O)C(C)=O)nc2s1. The quantitative estimate of drug-likeness (QED) is 0.348. The molecule has 1 amide bonds. The fourth-order valence-corrected chi connectivity index (χ4v) is 5.25. The van der Waals surface area contributed by atoms with Crippen LogP contribution in [-0.2, 0) is 40.0 Å². The molecule has 15 heteroatoms. The maximum atomic E-state index is 13.3. The van der Waals surface area contributed by atoms with Gasteiger partial charge in [-0.05, 0) is 12.5 Å². The van der Waals surface area contributed by atoms with Crippen molar-refractivity contribution in [3.05, 3.63) is 22.6 Å². The third-order valence-electron chi connectivity index (χ3n) is 5.91. The van der Waals surface area contributed by atoms with Crippen LogP contribution in [0.15, 0.2) is 6.07 Å². The Hall–Kier alpha value is -3.49. The average Bonchev–Trinajstić information content (AvgIpc) is 3.45. The summed E-state index contributed by atoms with van der Waals surface area (Å²) in [4.78, 5) is 37.2. The number of thiophene rings is 1. The second-order valence-electron chi connectivity index (χ2n) is 8.72. The van der Waals surface area contributed by atoms with Crippen molar-refractivity contribution in [3.8, 4) is 6.01 Å². The molecule has 0 atom stereocenters. The summed E-state index contributed by atoms with van der Waals surface area (Å²) in [5.41, 5.74) is 0. The molecule has 4 rings (SSSR count). The van der Waals surface area contributed by atoms with E-state index in [1.165, 1.54) is 30.1 Å². The van der Waals surface area contributed by atoms with Crippen molar-refractivity contribution in [1.29, 1.82) is 0 Å². The summed E-state index contributed by atoms with van der Waals surface area (Å²) < 4.78 is 51.6. The highest BCUT2D eigenvalue weighted by molar-refractivity contribution is 7.18. The number of rotatable bonds is 10. The summed E-state index contributed by atoms with van der Waals surface area (Å²) in [5, 5.41) is 7.91. The van der Waals surface area contributed by atoms with Crippen LogP contribution in [0.1, 0.15) is 43.7 Å². The van der Waals surface area contributed by atoms with E-state index in [1.54, 1.807) is 0 Å². The van der Waals surface area contributed by atoms with Crippen LogP contribution >= 0.6 is 11.3 Å². The van der Waals surface area contributed by atoms with E-state index in [0.717, 1.165) is 27.7 Å². The first-order valence-corrected chi connectivity index (χ1v) is 12.9. The fraction of sp³-hybridized carbons (Fsp3) is 0.565. The number of carbonyl (C=O) groups excluding carboxylic acids is 2. The molecule has 0 saturated carbocycles. The van der Waals surface area contributed by atoms with Crippen molar-refractivity contribution in [1.82, 2.24) is 29.6 Å². The van der Waals surface area contributed by atoms with Gasteiger partial charge >= 0.3 is 18.2 Å². The molecular weight excluding hydrogens is 527 g/mol. The Labute approximate surface area is 220 Å². The highest BCUT2D eigenvalue weighted by Gasteiger charge is 2.39. The topological polar surface area (TPSA) is 116 Å². The molecule has 0 N–H and O–H groups in total. The minimum Gasteiger partial charge on any atom is -0.464 e. The number of ether oxygens (including phenoxy) is 2. The number of alkyl halides is 3. The van der Waals surface area contributed by atoms with Crippen molar-refractivity contribution in [2.45, 2.75) is 52.9 Å². The summed E-state index contributed by atoms with van der Waals surface area (Å²) >= 11 is 1.51. The monoisotopic (exact) mass is 555 g/mol. The van der Waals surface area contributed by atoms with Gasteiger partial charge in [0.15, 0.2) is 5.82 Å². The molecule has 3 aromatic heterocycles. The zero-order valence-corrected chi connectivity index (χ0v) is 22.1. The molecule has 0 radical (unpaired) electrons. The van der Waals surface area contributed by atoms with Crippen LogP contribution in [0.2, 0.25) is 0 Å². The number of fused-ring (bicyclic) bond motifs is 2. The zero-order valence-electron chi connectivity index (χ0n) is 21.2. The predicted molar refractivity (Wildman–Crippen MR) is 132 cm³/mol. The van der Waals surface area contributed by atoms with Gasteiger partial charge in [-0.3, -0.25) is 9.59 Å². The van der Waals surface area contributed by atoms with Gasteiger partial charge in [-0.15, -0.1) is 21.5 Å². The van der Waals surface area contributed by atoms with Crippen LogP contribution in [0, 0.1) is 0 Å². The molecule has 0 unspecified atom stereocenters. The summed E-state index contributed by atoms with van der Waals surface area (Å²) in [7, 11) is 0. The van der Waals surface area contributed by atoms with Gasteiger partial charge < -0.3 is 23.8 Å². The second kappa shape index (κ2) is 11.5. The summed E-state index contributed by atoms with van der Waals surface area (Å²) in [6.07, 6.45) is -2.78. The van der Waals surface area contributed by atoms with E-state index < -0.39 is 18.0 Å². The van der Waals surface area contributed by atoms with Gasteiger partial charge in [0.25, 0.3) is 0 Å². The van der Waals surface area contributed by atoms with Gasteiger partial charge in [-0.25, -0.2) is 0 Å². The van der Waals surface area contributed by atoms with Gasteiger partial charge in [0.1, 0.15) is 23.9 Å². The molecule has 206 valence electrons. The Morgan fingerprint density at radius 1 is 1.13 bits per heavy atom. The molecule has 0 aromatic carbocycles. The Bertz CT molecular complexity index is 1310. The molecule has 1 aliphatic rings. The van der Waals surface area contributed by atoms with Crippen molar-refractivity contribution >= 4 is 39.2 Å². The Morgan fingerprint density at radius 3 is 2.58 bits per heavy atom. The number of hydrogen-bond donors (Lipinski definition) is 0. The zero-order chi connectivity index (χ0) is 27.4. The number of aromatic nitrogens is 5. The van der Waals surface area contributed by atoms with Crippen LogP contribution in [0.4, 0.5) is 19.0 Å². The van der Waals surface area contributed by atoms with Gasteiger partial charge in [-0.1, -0.05) is 13.3 Å². The van der Waals surface area contributed by atoms with E-state index >= 15 is 0 Å². The van der Waals surface area contributed by atoms with E-state index in [-0.39, 0.29) is 63.7 Å². The lowest BCUT2D eigenvalue weighted by atomic mass is 10.2. The Morgan fingerprint density at radius 2 is 1.89 bits per heavy atom. The third-order valence-corrected chi connectivity index (χ3v) is 7.00. The fourth-order valence-electron chi connectivity index (χ4n) is 4.13. The molecule has 4 heterocycles. The molecule has 0 fully saturated rings.